The van der Waals surface area contributed by atoms with Crippen LogP contribution >= 0.6 is 0 Å². The van der Waals surface area contributed by atoms with Gasteiger partial charge in [0.2, 0.25) is 0 Å². The Kier molecular flexibility index (Phi) is 3.43. The van der Waals surface area contributed by atoms with Crippen LogP contribution in [0, 0.1) is 17.1 Å². The number of nitriles is 1. The number of hydrogen-bond acceptors (Lipinski definition) is 2. The zero-order valence-electron chi connectivity index (χ0n) is 11.3. The molecule has 0 atom stereocenters. The normalized spacial score (nSPS) is 10.7. The fraction of sp³-hybridized carbons (Fsp3) is 0.118. The lowest BCUT2D eigenvalue weighted by Gasteiger charge is -2.10. The van der Waals surface area contributed by atoms with Crippen molar-refractivity contribution < 1.29 is 9.50 Å². The van der Waals surface area contributed by atoms with Crippen LogP contribution in [0.15, 0.2) is 48.7 Å². The highest BCUT2D eigenvalue weighted by Gasteiger charge is 2.09. The molecule has 3 nitrogen and oxygen atoms in total. The number of aliphatic hydroxyl groups is 1. The van der Waals surface area contributed by atoms with Gasteiger partial charge in [0.1, 0.15) is 5.82 Å². The molecule has 0 spiro atoms. The zero-order valence-corrected chi connectivity index (χ0v) is 11.3. The summed E-state index contributed by atoms with van der Waals surface area (Å²) in [6, 6.07) is 14.0. The second kappa shape index (κ2) is 5.39. The SMILES string of the molecule is N#Cc1ccc(F)c(Cn2ccc3cccc(CO)c32)c1. The molecule has 0 bridgehead atoms. The van der Waals surface area contributed by atoms with Crippen LogP contribution in [0.5, 0.6) is 0 Å². The summed E-state index contributed by atoms with van der Waals surface area (Å²) in [4.78, 5) is 0. The minimum atomic E-state index is -0.336. The maximum atomic E-state index is 13.9. The van der Waals surface area contributed by atoms with Crippen molar-refractivity contribution in [2.24, 2.45) is 0 Å². The molecule has 104 valence electrons. The molecule has 0 unspecified atom stereocenters. The summed E-state index contributed by atoms with van der Waals surface area (Å²) in [5.74, 6) is -0.336. The molecule has 0 saturated heterocycles. The van der Waals surface area contributed by atoms with Crippen molar-refractivity contribution >= 4 is 10.9 Å². The molecule has 0 radical (unpaired) electrons. The van der Waals surface area contributed by atoms with Crippen LogP contribution in [0.25, 0.3) is 10.9 Å². The monoisotopic (exact) mass is 280 g/mol. The first-order chi connectivity index (χ1) is 10.2. The van der Waals surface area contributed by atoms with Crippen LogP contribution in [-0.4, -0.2) is 9.67 Å². The van der Waals surface area contributed by atoms with E-state index >= 15 is 0 Å². The van der Waals surface area contributed by atoms with Gasteiger partial charge in [0.05, 0.1) is 30.3 Å². The van der Waals surface area contributed by atoms with Gasteiger partial charge in [0.25, 0.3) is 0 Å². The Hall–Kier alpha value is -2.64. The molecule has 3 rings (SSSR count). The summed E-state index contributed by atoms with van der Waals surface area (Å²) in [6.45, 7) is 0.254. The summed E-state index contributed by atoms with van der Waals surface area (Å²) in [5, 5.41) is 19.4. The Labute approximate surface area is 121 Å². The topological polar surface area (TPSA) is 49.0 Å². The number of aliphatic hydroxyl groups excluding tert-OH is 1. The summed E-state index contributed by atoms with van der Waals surface area (Å²) >= 11 is 0. The Balaban J connectivity index is 2.09. The molecule has 0 saturated carbocycles. The first kappa shape index (κ1) is 13.3. The van der Waals surface area contributed by atoms with Crippen LogP contribution in [0.1, 0.15) is 16.7 Å². The van der Waals surface area contributed by atoms with Crippen LogP contribution in [0.2, 0.25) is 0 Å². The lowest BCUT2D eigenvalue weighted by molar-refractivity contribution is 0.283. The summed E-state index contributed by atoms with van der Waals surface area (Å²) in [5.41, 5.74) is 2.58. The van der Waals surface area contributed by atoms with E-state index < -0.39 is 0 Å². The van der Waals surface area contributed by atoms with E-state index in [0.29, 0.717) is 17.7 Å². The van der Waals surface area contributed by atoms with Crippen LogP contribution < -0.4 is 0 Å². The standard InChI is InChI=1S/C17H13FN2O/c18-16-5-4-12(9-19)8-15(16)10-20-7-6-13-2-1-3-14(11-21)17(13)20/h1-8,21H,10-11H2. The van der Waals surface area contributed by atoms with Crippen molar-refractivity contribution in [3.8, 4) is 6.07 Å². The molecular weight excluding hydrogens is 267 g/mol. The van der Waals surface area contributed by atoms with Gasteiger partial charge in [-0.15, -0.1) is 0 Å². The van der Waals surface area contributed by atoms with E-state index in [2.05, 4.69) is 0 Å². The van der Waals surface area contributed by atoms with Crippen molar-refractivity contribution in [3.63, 3.8) is 0 Å². The van der Waals surface area contributed by atoms with Crippen LogP contribution in [-0.2, 0) is 13.2 Å². The second-order valence-electron chi connectivity index (χ2n) is 4.87. The highest BCUT2D eigenvalue weighted by atomic mass is 19.1. The summed E-state index contributed by atoms with van der Waals surface area (Å²) < 4.78 is 15.8. The molecule has 0 aliphatic carbocycles. The molecule has 2 aromatic carbocycles. The lowest BCUT2D eigenvalue weighted by Crippen LogP contribution is -2.03. The third-order valence-corrected chi connectivity index (χ3v) is 3.56. The summed E-state index contributed by atoms with van der Waals surface area (Å²) in [7, 11) is 0. The third kappa shape index (κ3) is 2.39. The Bertz CT molecular complexity index is 846. The quantitative estimate of drug-likeness (QED) is 0.801. The van der Waals surface area contributed by atoms with Gasteiger partial charge in [-0.1, -0.05) is 18.2 Å². The van der Waals surface area contributed by atoms with Gasteiger partial charge >= 0.3 is 0 Å². The van der Waals surface area contributed by atoms with Gasteiger partial charge in [-0.2, -0.15) is 5.26 Å². The number of hydrogen-bond donors (Lipinski definition) is 1. The smallest absolute Gasteiger partial charge is 0.128 e. The van der Waals surface area contributed by atoms with Gasteiger partial charge in [-0.25, -0.2) is 4.39 Å². The molecule has 0 fully saturated rings. The number of rotatable bonds is 3. The fourth-order valence-corrected chi connectivity index (χ4v) is 2.55. The van der Waals surface area contributed by atoms with Crippen molar-refractivity contribution in [1.82, 2.24) is 4.57 Å². The van der Waals surface area contributed by atoms with Crippen molar-refractivity contribution in [1.29, 1.82) is 5.26 Å². The molecule has 0 aliphatic rings. The molecule has 1 heterocycles. The maximum absolute atomic E-state index is 13.9. The predicted molar refractivity (Wildman–Crippen MR) is 78.1 cm³/mol. The van der Waals surface area contributed by atoms with E-state index in [0.717, 1.165) is 16.5 Å². The first-order valence-electron chi connectivity index (χ1n) is 6.59. The minimum absolute atomic E-state index is 0.0674. The largest absolute Gasteiger partial charge is 0.392 e. The minimum Gasteiger partial charge on any atom is -0.392 e. The third-order valence-electron chi connectivity index (χ3n) is 3.56. The van der Waals surface area contributed by atoms with Gasteiger partial charge in [0, 0.05) is 17.3 Å². The molecule has 0 aliphatic heterocycles. The first-order valence-corrected chi connectivity index (χ1v) is 6.59. The number of para-hydroxylation sites is 1. The number of aromatic nitrogens is 1. The van der Waals surface area contributed by atoms with Crippen molar-refractivity contribution in [2.45, 2.75) is 13.2 Å². The van der Waals surface area contributed by atoms with Crippen LogP contribution in [0.4, 0.5) is 4.39 Å². The predicted octanol–water partition coefficient (Wildman–Crippen LogP) is 3.19. The molecule has 0 amide bonds. The van der Waals surface area contributed by atoms with E-state index in [1.807, 2.05) is 41.1 Å². The number of benzene rings is 2. The van der Waals surface area contributed by atoms with E-state index in [9.17, 15) is 9.50 Å². The average Bonchev–Trinajstić information content (AvgIpc) is 2.92. The Morgan fingerprint density at radius 3 is 2.76 bits per heavy atom. The highest BCUT2D eigenvalue weighted by Crippen LogP contribution is 2.22. The number of nitrogens with zero attached hydrogens (tertiary/aromatic N) is 2. The average molecular weight is 280 g/mol. The molecule has 4 heteroatoms. The lowest BCUT2D eigenvalue weighted by atomic mass is 10.1. The van der Waals surface area contributed by atoms with Gasteiger partial charge < -0.3 is 9.67 Å². The Morgan fingerprint density at radius 2 is 2.00 bits per heavy atom. The zero-order chi connectivity index (χ0) is 14.8. The van der Waals surface area contributed by atoms with E-state index in [-0.39, 0.29) is 12.4 Å². The number of fused-ring (bicyclic) bond motifs is 1. The second-order valence-corrected chi connectivity index (χ2v) is 4.87. The fourth-order valence-electron chi connectivity index (χ4n) is 2.55. The van der Waals surface area contributed by atoms with E-state index in [1.54, 1.807) is 6.07 Å². The van der Waals surface area contributed by atoms with Gasteiger partial charge in [0.15, 0.2) is 0 Å². The molecule has 1 N–H and O–H groups in total. The van der Waals surface area contributed by atoms with Crippen molar-refractivity contribution in [2.75, 3.05) is 0 Å². The molecule has 1 aromatic heterocycles. The van der Waals surface area contributed by atoms with Crippen LogP contribution in [0.3, 0.4) is 0 Å². The molecular formula is C17H13FN2O. The van der Waals surface area contributed by atoms with E-state index in [1.165, 1.54) is 12.1 Å². The maximum Gasteiger partial charge on any atom is 0.128 e. The van der Waals surface area contributed by atoms with Gasteiger partial charge in [-0.3, -0.25) is 0 Å². The van der Waals surface area contributed by atoms with E-state index in [4.69, 9.17) is 5.26 Å². The van der Waals surface area contributed by atoms with Gasteiger partial charge in [-0.05, 0) is 29.7 Å². The van der Waals surface area contributed by atoms with Crippen molar-refractivity contribution in [3.05, 3.63) is 71.2 Å². The summed E-state index contributed by atoms with van der Waals surface area (Å²) in [6.07, 6.45) is 1.86. The number of halogens is 1. The Morgan fingerprint density at radius 1 is 1.14 bits per heavy atom. The highest BCUT2D eigenvalue weighted by molar-refractivity contribution is 5.83. The molecule has 21 heavy (non-hydrogen) atoms. The molecule has 3 aromatic rings.